The van der Waals surface area contributed by atoms with Crippen molar-refractivity contribution >= 4 is 55.7 Å². The molecule has 0 atom stereocenters. The van der Waals surface area contributed by atoms with E-state index in [0.717, 1.165) is 15.8 Å². The molecule has 1 heterocycles. The molecule has 2 rings (SSSR count). The summed E-state index contributed by atoms with van der Waals surface area (Å²) in [5.74, 6) is -0.450. The van der Waals surface area contributed by atoms with Crippen LogP contribution in [0.4, 0.5) is 5.13 Å². The molecule has 0 aliphatic carbocycles. The Hall–Kier alpha value is -1.24. The van der Waals surface area contributed by atoms with Gasteiger partial charge in [-0.2, -0.15) is 0 Å². The first-order valence-electron chi connectivity index (χ1n) is 5.20. The molecule has 4 nitrogen and oxygen atoms in total. The lowest BCUT2D eigenvalue weighted by atomic mass is 10.2. The Morgan fingerprint density at radius 3 is 2.79 bits per heavy atom. The van der Waals surface area contributed by atoms with Crippen LogP contribution in [0.25, 0.3) is 0 Å². The fraction of sp³-hybridized carbons (Fsp3) is 0.0833. The third-order valence-electron chi connectivity index (χ3n) is 2.25. The lowest BCUT2D eigenvalue weighted by molar-refractivity contribution is 0.101. The van der Waals surface area contributed by atoms with E-state index in [-0.39, 0.29) is 11.7 Å². The molecule has 7 heteroatoms. The average Bonchev–Trinajstić information content (AvgIpc) is 2.80. The molecule has 0 spiro atoms. The van der Waals surface area contributed by atoms with Gasteiger partial charge in [-0.25, -0.2) is 4.98 Å². The molecule has 98 valence electrons. The number of nitrogens with one attached hydrogen (secondary N) is 1. The van der Waals surface area contributed by atoms with Gasteiger partial charge in [0.05, 0.1) is 21.7 Å². The number of Topliss-reactive ketones (excluding diaryl/α,β-unsaturated/α-hetero) is 1. The molecule has 0 radical (unpaired) electrons. The normalized spacial score (nSPS) is 10.3. The highest BCUT2D eigenvalue weighted by molar-refractivity contribution is 9.10. The van der Waals surface area contributed by atoms with Crippen molar-refractivity contribution in [3.63, 3.8) is 0 Å². The van der Waals surface area contributed by atoms with Crippen LogP contribution in [0.15, 0.2) is 28.9 Å². The van der Waals surface area contributed by atoms with Crippen molar-refractivity contribution in [1.29, 1.82) is 0 Å². The largest absolute Gasteiger partial charge is 0.298 e. The summed E-state index contributed by atoms with van der Waals surface area (Å²) in [6.45, 7) is 1.45. The van der Waals surface area contributed by atoms with Gasteiger partial charge in [0.25, 0.3) is 5.91 Å². The molecule has 0 saturated carbocycles. The smallest absolute Gasteiger partial charge is 0.258 e. The highest BCUT2D eigenvalue weighted by Gasteiger charge is 2.14. The van der Waals surface area contributed by atoms with Crippen LogP contribution < -0.4 is 5.32 Å². The van der Waals surface area contributed by atoms with E-state index < -0.39 is 0 Å². The second kappa shape index (κ2) is 5.81. The van der Waals surface area contributed by atoms with E-state index >= 15 is 0 Å². The minimum absolute atomic E-state index is 0.0847. The molecule has 0 unspecified atom stereocenters. The summed E-state index contributed by atoms with van der Waals surface area (Å²) >= 11 is 10.4. The van der Waals surface area contributed by atoms with Gasteiger partial charge < -0.3 is 0 Å². The van der Waals surface area contributed by atoms with Gasteiger partial charge >= 0.3 is 0 Å². The first-order chi connectivity index (χ1) is 8.97. The quantitative estimate of drug-likeness (QED) is 0.842. The van der Waals surface area contributed by atoms with Crippen molar-refractivity contribution in [1.82, 2.24) is 4.98 Å². The second-order valence-electron chi connectivity index (χ2n) is 3.66. The van der Waals surface area contributed by atoms with Gasteiger partial charge in [0.1, 0.15) is 0 Å². The van der Waals surface area contributed by atoms with Gasteiger partial charge in [-0.1, -0.05) is 38.9 Å². The minimum atomic E-state index is -0.365. The van der Waals surface area contributed by atoms with E-state index in [4.69, 9.17) is 11.6 Å². The number of carbonyl (C=O) groups excluding carboxylic acids is 2. The summed E-state index contributed by atoms with van der Waals surface area (Å²) < 4.78 is 0.755. The fourth-order valence-corrected chi connectivity index (χ4v) is 2.60. The molecule has 0 aliphatic rings. The van der Waals surface area contributed by atoms with Crippen LogP contribution in [0.3, 0.4) is 0 Å². The Morgan fingerprint density at radius 1 is 1.42 bits per heavy atom. The summed E-state index contributed by atoms with van der Waals surface area (Å²) in [5.41, 5.74) is 0.343. The molecule has 2 aromatic rings. The standard InChI is InChI=1S/C12H8BrClN2O2S/c1-6(17)10-5-15-12(19-10)16-11(18)8-4-7(13)2-3-9(8)14/h2-5H,1H3,(H,15,16,18). The van der Waals surface area contributed by atoms with Crippen LogP contribution in [0.5, 0.6) is 0 Å². The topological polar surface area (TPSA) is 59.1 Å². The summed E-state index contributed by atoms with van der Waals surface area (Å²) in [6.07, 6.45) is 1.44. The maximum atomic E-state index is 12.0. The number of carbonyl (C=O) groups is 2. The lowest BCUT2D eigenvalue weighted by Crippen LogP contribution is -2.12. The monoisotopic (exact) mass is 358 g/mol. The molecule has 19 heavy (non-hydrogen) atoms. The third-order valence-corrected chi connectivity index (χ3v) is 4.08. The van der Waals surface area contributed by atoms with Crippen molar-refractivity contribution < 1.29 is 9.59 Å². The molecule has 0 saturated heterocycles. The van der Waals surface area contributed by atoms with Gasteiger partial charge in [0.15, 0.2) is 10.9 Å². The Labute approximate surface area is 126 Å². The maximum Gasteiger partial charge on any atom is 0.258 e. The highest BCUT2D eigenvalue weighted by Crippen LogP contribution is 2.24. The first kappa shape index (κ1) is 14.2. The van der Waals surface area contributed by atoms with Crippen LogP contribution in [0, 0.1) is 0 Å². The fourth-order valence-electron chi connectivity index (χ4n) is 1.33. The van der Waals surface area contributed by atoms with Gasteiger partial charge in [0, 0.05) is 11.4 Å². The van der Waals surface area contributed by atoms with Crippen molar-refractivity contribution in [3.05, 3.63) is 44.3 Å². The van der Waals surface area contributed by atoms with Crippen molar-refractivity contribution in [2.24, 2.45) is 0 Å². The number of hydrogen-bond donors (Lipinski definition) is 1. The zero-order valence-electron chi connectivity index (χ0n) is 9.74. The van der Waals surface area contributed by atoms with Crippen molar-refractivity contribution in [2.75, 3.05) is 5.32 Å². The average molecular weight is 360 g/mol. The lowest BCUT2D eigenvalue weighted by Gasteiger charge is -2.04. The van der Waals surface area contributed by atoms with E-state index in [1.807, 2.05) is 0 Å². The number of benzene rings is 1. The number of aromatic nitrogens is 1. The number of rotatable bonds is 3. The van der Waals surface area contributed by atoms with Crippen molar-refractivity contribution in [2.45, 2.75) is 6.92 Å². The summed E-state index contributed by atoms with van der Waals surface area (Å²) in [5, 5.41) is 3.33. The molecule has 0 aliphatic heterocycles. The number of ketones is 1. The Bertz CT molecular complexity index is 657. The molecule has 1 aromatic carbocycles. The first-order valence-corrected chi connectivity index (χ1v) is 7.19. The number of thiazole rings is 1. The zero-order chi connectivity index (χ0) is 14.0. The molecule has 0 bridgehead atoms. The van der Waals surface area contributed by atoms with Crippen LogP contribution in [-0.4, -0.2) is 16.7 Å². The zero-order valence-corrected chi connectivity index (χ0v) is 12.9. The van der Waals surface area contributed by atoms with Crippen LogP contribution in [0.2, 0.25) is 5.02 Å². The Kier molecular flexibility index (Phi) is 4.34. The molecule has 1 aromatic heterocycles. The van der Waals surface area contributed by atoms with Crippen LogP contribution in [-0.2, 0) is 0 Å². The van der Waals surface area contributed by atoms with Gasteiger partial charge in [-0.15, -0.1) is 0 Å². The third kappa shape index (κ3) is 3.40. The van der Waals surface area contributed by atoms with Crippen LogP contribution in [0.1, 0.15) is 27.0 Å². The SMILES string of the molecule is CC(=O)c1cnc(NC(=O)c2cc(Br)ccc2Cl)s1. The van der Waals surface area contributed by atoms with E-state index in [0.29, 0.717) is 20.6 Å². The van der Waals surface area contributed by atoms with E-state index in [2.05, 4.69) is 26.2 Å². The summed E-state index contributed by atoms with van der Waals surface area (Å²) in [6, 6.07) is 5.00. The predicted molar refractivity (Wildman–Crippen MR) is 79.2 cm³/mol. The molecule has 1 amide bonds. The van der Waals surface area contributed by atoms with Gasteiger partial charge in [-0.05, 0) is 18.2 Å². The Morgan fingerprint density at radius 2 is 2.16 bits per heavy atom. The molecule has 1 N–H and O–H groups in total. The van der Waals surface area contributed by atoms with E-state index in [1.54, 1.807) is 18.2 Å². The number of anilines is 1. The van der Waals surface area contributed by atoms with E-state index in [9.17, 15) is 9.59 Å². The number of halogens is 2. The summed E-state index contributed by atoms with van der Waals surface area (Å²) in [4.78, 5) is 27.6. The maximum absolute atomic E-state index is 12.0. The molecular weight excluding hydrogens is 352 g/mol. The minimum Gasteiger partial charge on any atom is -0.298 e. The predicted octanol–water partition coefficient (Wildman–Crippen LogP) is 4.01. The van der Waals surface area contributed by atoms with E-state index in [1.165, 1.54) is 13.1 Å². The van der Waals surface area contributed by atoms with Crippen molar-refractivity contribution in [3.8, 4) is 0 Å². The number of nitrogens with zero attached hydrogens (tertiary/aromatic N) is 1. The van der Waals surface area contributed by atoms with Crippen LogP contribution >= 0.6 is 38.9 Å². The second-order valence-corrected chi connectivity index (χ2v) is 6.02. The number of hydrogen-bond acceptors (Lipinski definition) is 4. The number of amides is 1. The summed E-state index contributed by atoms with van der Waals surface area (Å²) in [7, 11) is 0. The molecule has 0 fully saturated rings. The Balaban J connectivity index is 2.20. The highest BCUT2D eigenvalue weighted by atomic mass is 79.9. The molecular formula is C12H8BrClN2O2S. The van der Waals surface area contributed by atoms with Gasteiger partial charge in [0.2, 0.25) is 0 Å². The van der Waals surface area contributed by atoms with Gasteiger partial charge in [-0.3, -0.25) is 14.9 Å².